The van der Waals surface area contributed by atoms with E-state index in [-0.39, 0.29) is 41.6 Å². The largest absolute Gasteiger partial charge is 0.507 e. The minimum Gasteiger partial charge on any atom is -0.507 e. The second-order valence-electron chi connectivity index (χ2n) is 14.0. The van der Waals surface area contributed by atoms with Crippen molar-refractivity contribution in [3.63, 3.8) is 0 Å². The summed E-state index contributed by atoms with van der Waals surface area (Å²) in [5, 5.41) is 35.8. The van der Waals surface area contributed by atoms with Gasteiger partial charge in [0.1, 0.15) is 11.5 Å². The summed E-state index contributed by atoms with van der Waals surface area (Å²) in [6.07, 6.45) is 8.25. The third kappa shape index (κ3) is 6.40. The summed E-state index contributed by atoms with van der Waals surface area (Å²) in [7, 11) is 3.78. The van der Waals surface area contributed by atoms with Gasteiger partial charge in [0.15, 0.2) is 0 Å². The quantitative estimate of drug-likeness (QED) is 0.251. The number of allylic oxidation sites excluding steroid dienone is 2. The van der Waals surface area contributed by atoms with Crippen LogP contribution in [0.15, 0.2) is 59.9 Å². The molecule has 46 heavy (non-hydrogen) atoms. The Morgan fingerprint density at radius 3 is 2.63 bits per heavy atom. The van der Waals surface area contributed by atoms with Crippen LogP contribution in [0.3, 0.4) is 0 Å². The lowest BCUT2D eigenvalue weighted by molar-refractivity contribution is -0.150. The molecule has 0 aromatic heterocycles. The van der Waals surface area contributed by atoms with E-state index in [4.69, 9.17) is 9.47 Å². The lowest BCUT2D eigenvalue weighted by Crippen LogP contribution is -2.62. The smallest absolute Gasteiger partial charge is 0.343 e. The van der Waals surface area contributed by atoms with E-state index in [9.17, 15) is 24.9 Å². The summed E-state index contributed by atoms with van der Waals surface area (Å²) in [6, 6.07) is 4.58. The minimum absolute atomic E-state index is 0.00527. The van der Waals surface area contributed by atoms with Crippen LogP contribution in [0.4, 0.5) is 5.69 Å². The zero-order chi connectivity index (χ0) is 33.4. The molecule has 7 atom stereocenters. The molecule has 4 N–H and O–H groups in total. The zero-order valence-corrected chi connectivity index (χ0v) is 27.7. The van der Waals surface area contributed by atoms with Gasteiger partial charge in [-0.3, -0.25) is 10.1 Å². The second kappa shape index (κ2) is 13.4. The van der Waals surface area contributed by atoms with Crippen LogP contribution >= 0.6 is 0 Å². The maximum atomic E-state index is 13.3. The predicted molar refractivity (Wildman–Crippen MR) is 177 cm³/mol. The Morgan fingerprint density at radius 2 is 1.98 bits per heavy atom. The average Bonchev–Trinajstić information content (AvgIpc) is 3.39. The number of nitrogens with zero attached hydrogens (tertiary/aromatic N) is 2. The highest BCUT2D eigenvalue weighted by Crippen LogP contribution is 2.61. The minimum atomic E-state index is -0.747. The number of carbonyl (C=O) groups is 2. The number of nitrogens with one attached hydrogen (secondary N) is 1. The summed E-state index contributed by atoms with van der Waals surface area (Å²) in [6.45, 7) is 12.5. The molecule has 3 fully saturated rings. The highest BCUT2D eigenvalue weighted by atomic mass is 16.5. The number of amides is 1. The van der Waals surface area contributed by atoms with E-state index in [1.807, 2.05) is 49.9 Å². The van der Waals surface area contributed by atoms with Crippen molar-refractivity contribution < 1.29 is 34.4 Å². The molecule has 0 spiro atoms. The van der Waals surface area contributed by atoms with Gasteiger partial charge in [-0.1, -0.05) is 38.2 Å². The summed E-state index contributed by atoms with van der Waals surface area (Å²) in [5.74, 6) is -0.384. The Bertz CT molecular complexity index is 1440. The summed E-state index contributed by atoms with van der Waals surface area (Å²) in [4.78, 5) is 30.0. The topological polar surface area (TPSA) is 132 Å². The van der Waals surface area contributed by atoms with E-state index in [1.54, 1.807) is 30.4 Å². The van der Waals surface area contributed by atoms with Crippen molar-refractivity contribution in [3.8, 4) is 5.75 Å². The van der Waals surface area contributed by atoms with Crippen molar-refractivity contribution in [1.82, 2.24) is 10.2 Å². The highest BCUT2D eigenvalue weighted by molar-refractivity contribution is 5.96. The first-order valence-corrected chi connectivity index (χ1v) is 16.2. The van der Waals surface area contributed by atoms with Crippen molar-refractivity contribution in [2.24, 2.45) is 22.7 Å². The molecule has 10 nitrogen and oxygen atoms in total. The predicted octanol–water partition coefficient (Wildman–Crippen LogP) is 3.40. The highest BCUT2D eigenvalue weighted by Gasteiger charge is 2.59. The van der Waals surface area contributed by atoms with E-state index < -0.39 is 23.5 Å². The Kier molecular flexibility index (Phi) is 9.84. The lowest BCUT2D eigenvalue weighted by Gasteiger charge is -2.61. The number of cyclic esters (lactones) is 1. The molecule has 2 aliphatic heterocycles. The monoisotopic (exact) mass is 635 g/mol. The molecular formula is C36H49N3O7. The fraction of sp³-hybridized carbons (Fsp3) is 0.556. The van der Waals surface area contributed by atoms with Crippen LogP contribution in [-0.2, 0) is 19.1 Å². The Balaban J connectivity index is 1.43. The van der Waals surface area contributed by atoms with E-state index in [0.717, 1.165) is 11.3 Å². The number of aliphatic hydroxyl groups is 2. The normalized spacial score (nSPS) is 33.2. The second-order valence-corrected chi connectivity index (χ2v) is 14.0. The lowest BCUT2D eigenvalue weighted by atomic mass is 9.45. The number of morpholine rings is 1. The molecule has 250 valence electrons. The standard InChI is InChI=1S/C36H49N3O7/c1-22-28(10-8-25-18-27(46-34(25)44)17-24-7-9-26(38(5)6)19-30(24)41)35(3)12-11-32(42)36(4,21-40)31(35)20-29(22)37-23(2)33(43)39-13-15-45-16-14-39/h7-10,17-19,23,28-29,31-32,37,40-42H,1,11-16,20-21H2,2-6H3/b10-8+,27-17+/t23?,28?,29?,31?,32-,35-,36+/m1/s1. The fourth-order valence-electron chi connectivity index (χ4n) is 7.92. The van der Waals surface area contributed by atoms with Gasteiger partial charge in [-0.05, 0) is 61.8 Å². The van der Waals surface area contributed by atoms with Gasteiger partial charge >= 0.3 is 5.97 Å². The molecule has 1 saturated heterocycles. The molecule has 1 amide bonds. The van der Waals surface area contributed by atoms with Gasteiger partial charge in [0.05, 0.1) is 37.5 Å². The van der Waals surface area contributed by atoms with E-state index in [0.29, 0.717) is 62.5 Å². The number of phenols is 1. The van der Waals surface area contributed by atoms with Crippen molar-refractivity contribution in [1.29, 1.82) is 0 Å². The Labute approximate surface area is 272 Å². The molecule has 2 heterocycles. The van der Waals surface area contributed by atoms with Crippen molar-refractivity contribution in [3.05, 3.63) is 65.5 Å². The maximum Gasteiger partial charge on any atom is 0.343 e. The maximum absolute atomic E-state index is 13.3. The van der Waals surface area contributed by atoms with Gasteiger partial charge in [0.25, 0.3) is 0 Å². The molecule has 4 aliphatic rings. The van der Waals surface area contributed by atoms with Gasteiger partial charge in [-0.25, -0.2) is 4.79 Å². The molecular weight excluding hydrogens is 586 g/mol. The molecule has 5 rings (SSSR count). The number of aromatic hydroxyl groups is 1. The zero-order valence-electron chi connectivity index (χ0n) is 27.7. The third-order valence-electron chi connectivity index (χ3n) is 10.9. The van der Waals surface area contributed by atoms with Crippen LogP contribution in [0.5, 0.6) is 5.75 Å². The molecule has 1 aromatic rings. The van der Waals surface area contributed by atoms with Gasteiger partial charge in [0.2, 0.25) is 5.91 Å². The number of fused-ring (bicyclic) bond motifs is 1. The number of rotatable bonds is 8. The number of esters is 1. The number of phenolic OH excluding ortho intramolecular Hbond substituents is 1. The molecule has 0 bridgehead atoms. The third-order valence-corrected chi connectivity index (χ3v) is 10.9. The molecule has 1 aromatic carbocycles. The van der Waals surface area contributed by atoms with E-state index in [1.165, 1.54) is 0 Å². The van der Waals surface area contributed by atoms with Gasteiger partial charge in [-0.2, -0.15) is 0 Å². The summed E-state index contributed by atoms with van der Waals surface area (Å²) < 4.78 is 11.0. The number of anilines is 1. The molecule has 10 heteroatoms. The van der Waals surface area contributed by atoms with Gasteiger partial charge in [0, 0.05) is 61.9 Å². The molecule has 2 saturated carbocycles. The molecule has 0 radical (unpaired) electrons. The first kappa shape index (κ1) is 33.9. The van der Waals surface area contributed by atoms with Crippen LogP contribution in [0, 0.1) is 22.7 Å². The number of aliphatic hydroxyl groups excluding tert-OH is 2. The number of hydrogen-bond donors (Lipinski definition) is 4. The van der Waals surface area contributed by atoms with Crippen LogP contribution < -0.4 is 10.2 Å². The molecule has 4 unspecified atom stereocenters. The number of carbonyl (C=O) groups excluding carboxylic acids is 2. The molecule has 2 aliphatic carbocycles. The van der Waals surface area contributed by atoms with Crippen LogP contribution in [-0.4, -0.2) is 97.3 Å². The number of ether oxygens (including phenoxy) is 2. The Hall–Kier alpha value is -3.44. The van der Waals surface area contributed by atoms with Gasteiger partial charge in [-0.15, -0.1) is 0 Å². The fourth-order valence-corrected chi connectivity index (χ4v) is 7.92. The first-order valence-electron chi connectivity index (χ1n) is 16.2. The SMILES string of the molecule is C=C1C(NC(C)C(=O)N2CCOCC2)CC2[C@](C)(CC[C@@H](O)[C@@]2(C)CO)C1/C=C/C1=CC(=C\c2ccc(N(C)C)cc2O)/OC1=O. The van der Waals surface area contributed by atoms with Crippen molar-refractivity contribution in [2.75, 3.05) is 51.9 Å². The number of hydrogen-bond acceptors (Lipinski definition) is 9. The van der Waals surface area contributed by atoms with Crippen LogP contribution in [0.2, 0.25) is 0 Å². The van der Waals surface area contributed by atoms with Crippen LogP contribution in [0.25, 0.3) is 6.08 Å². The van der Waals surface area contributed by atoms with Gasteiger partial charge < -0.3 is 34.6 Å². The van der Waals surface area contributed by atoms with E-state index in [2.05, 4.69) is 18.8 Å². The summed E-state index contributed by atoms with van der Waals surface area (Å²) >= 11 is 0. The van der Waals surface area contributed by atoms with E-state index >= 15 is 0 Å². The Morgan fingerprint density at radius 1 is 1.26 bits per heavy atom. The number of benzene rings is 1. The summed E-state index contributed by atoms with van der Waals surface area (Å²) in [5.41, 5.74) is 1.55. The average molecular weight is 636 g/mol. The van der Waals surface area contributed by atoms with Crippen molar-refractivity contribution in [2.45, 2.75) is 58.2 Å². The first-order chi connectivity index (χ1) is 21.8. The van der Waals surface area contributed by atoms with Crippen LogP contribution in [0.1, 0.15) is 45.6 Å². The van der Waals surface area contributed by atoms with Crippen molar-refractivity contribution >= 4 is 23.6 Å².